The minimum absolute atomic E-state index is 0.00684. The molecule has 0 saturated carbocycles. The molecule has 7 heteroatoms. The van der Waals surface area contributed by atoms with Crippen LogP contribution in [0.15, 0.2) is 41.7 Å². The van der Waals surface area contributed by atoms with Gasteiger partial charge in [-0.2, -0.15) is 5.10 Å². The van der Waals surface area contributed by atoms with Crippen LogP contribution in [-0.4, -0.2) is 60.5 Å². The van der Waals surface area contributed by atoms with E-state index >= 15 is 0 Å². The van der Waals surface area contributed by atoms with Gasteiger partial charge in [-0.1, -0.05) is 32.9 Å². The maximum atomic E-state index is 5.95. The summed E-state index contributed by atoms with van der Waals surface area (Å²) in [4.78, 5) is 6.66. The highest BCUT2D eigenvalue weighted by Crippen LogP contribution is 2.25. The second-order valence-electron chi connectivity index (χ2n) is 8.35. The minimum atomic E-state index is 0.00684. The number of benzene rings is 1. The van der Waals surface area contributed by atoms with Gasteiger partial charge in [0.2, 0.25) is 0 Å². The van der Waals surface area contributed by atoms with Crippen molar-refractivity contribution >= 4 is 5.96 Å². The molecule has 7 nitrogen and oxygen atoms in total. The Hall–Kier alpha value is -2.54. The summed E-state index contributed by atoms with van der Waals surface area (Å²) < 4.78 is 13.7. The number of guanidine groups is 1. The SMILES string of the molecule is CN=C(NCCOc1cccc(C(C)(C)C)c1)N1CCOC(c2cnn(C)c2)C1. The zero-order valence-electron chi connectivity index (χ0n) is 18.2. The highest BCUT2D eigenvalue weighted by Gasteiger charge is 2.25. The van der Waals surface area contributed by atoms with Gasteiger partial charge in [0.1, 0.15) is 18.5 Å². The molecule has 0 spiro atoms. The summed E-state index contributed by atoms with van der Waals surface area (Å²) in [6.07, 6.45) is 3.88. The molecule has 29 heavy (non-hydrogen) atoms. The van der Waals surface area contributed by atoms with E-state index in [1.54, 1.807) is 4.68 Å². The largest absolute Gasteiger partial charge is 0.492 e. The topological polar surface area (TPSA) is 63.9 Å². The van der Waals surface area contributed by atoms with E-state index < -0.39 is 0 Å². The van der Waals surface area contributed by atoms with E-state index in [9.17, 15) is 0 Å². The Kier molecular flexibility index (Phi) is 6.79. The highest BCUT2D eigenvalue weighted by molar-refractivity contribution is 5.80. The van der Waals surface area contributed by atoms with Gasteiger partial charge in [0.15, 0.2) is 5.96 Å². The van der Waals surface area contributed by atoms with Crippen molar-refractivity contribution in [2.75, 3.05) is 39.9 Å². The molecular weight excluding hydrogens is 366 g/mol. The fourth-order valence-corrected chi connectivity index (χ4v) is 3.37. The molecule has 2 heterocycles. The van der Waals surface area contributed by atoms with Crippen LogP contribution in [0.1, 0.15) is 38.0 Å². The Labute approximate surface area is 173 Å². The third-order valence-electron chi connectivity index (χ3n) is 5.03. The average molecular weight is 400 g/mol. The van der Waals surface area contributed by atoms with E-state index in [1.807, 2.05) is 32.6 Å². The lowest BCUT2D eigenvalue weighted by Crippen LogP contribution is -2.48. The number of hydrogen-bond acceptors (Lipinski definition) is 4. The Morgan fingerprint density at radius 1 is 1.38 bits per heavy atom. The van der Waals surface area contributed by atoms with Gasteiger partial charge < -0.3 is 19.7 Å². The van der Waals surface area contributed by atoms with E-state index in [2.05, 4.69) is 59.3 Å². The van der Waals surface area contributed by atoms with Gasteiger partial charge in [0.25, 0.3) is 0 Å². The van der Waals surface area contributed by atoms with E-state index in [1.165, 1.54) is 5.56 Å². The van der Waals surface area contributed by atoms with Gasteiger partial charge in [-0.05, 0) is 23.1 Å². The quantitative estimate of drug-likeness (QED) is 0.476. The van der Waals surface area contributed by atoms with Crippen LogP contribution in [-0.2, 0) is 17.2 Å². The van der Waals surface area contributed by atoms with Gasteiger partial charge in [-0.15, -0.1) is 0 Å². The van der Waals surface area contributed by atoms with Crippen molar-refractivity contribution in [2.45, 2.75) is 32.3 Å². The molecule has 2 aromatic rings. The Morgan fingerprint density at radius 2 is 2.21 bits per heavy atom. The second kappa shape index (κ2) is 9.31. The molecule has 0 radical (unpaired) electrons. The molecule has 0 aliphatic carbocycles. The van der Waals surface area contributed by atoms with Crippen LogP contribution < -0.4 is 10.1 Å². The first-order valence-electron chi connectivity index (χ1n) is 10.2. The van der Waals surface area contributed by atoms with Gasteiger partial charge in [0.05, 0.1) is 25.9 Å². The van der Waals surface area contributed by atoms with Crippen molar-refractivity contribution in [3.05, 3.63) is 47.8 Å². The number of aryl methyl sites for hydroxylation is 1. The predicted octanol–water partition coefficient (Wildman–Crippen LogP) is 2.75. The number of ether oxygens (including phenoxy) is 2. The van der Waals surface area contributed by atoms with Crippen LogP contribution >= 0.6 is 0 Å². The molecule has 0 bridgehead atoms. The van der Waals surface area contributed by atoms with Crippen LogP contribution in [0.3, 0.4) is 0 Å². The molecule has 1 atom stereocenters. The van der Waals surface area contributed by atoms with Crippen molar-refractivity contribution in [2.24, 2.45) is 12.0 Å². The standard InChI is InChI=1S/C22H33N5O2/c1-22(2,3)18-7-6-8-19(13-18)28-11-9-24-21(23-4)27-10-12-29-20(16-27)17-14-25-26(5)15-17/h6-8,13-15,20H,9-12,16H2,1-5H3,(H,23,24). The van der Waals surface area contributed by atoms with Gasteiger partial charge in [-0.25, -0.2) is 0 Å². The summed E-state index contributed by atoms with van der Waals surface area (Å²) in [5.41, 5.74) is 2.48. The molecule has 1 saturated heterocycles. The smallest absolute Gasteiger partial charge is 0.193 e. The number of aliphatic imine (C=N–C) groups is 1. The lowest BCUT2D eigenvalue weighted by Gasteiger charge is -2.34. The molecule has 0 amide bonds. The van der Waals surface area contributed by atoms with Crippen LogP contribution in [0.2, 0.25) is 0 Å². The number of nitrogens with zero attached hydrogens (tertiary/aromatic N) is 4. The summed E-state index contributed by atoms with van der Waals surface area (Å²) in [7, 11) is 3.73. The highest BCUT2D eigenvalue weighted by atomic mass is 16.5. The number of rotatable bonds is 5. The zero-order chi connectivity index (χ0) is 20.9. The van der Waals surface area contributed by atoms with Crippen molar-refractivity contribution < 1.29 is 9.47 Å². The number of nitrogens with one attached hydrogen (secondary N) is 1. The van der Waals surface area contributed by atoms with Crippen LogP contribution in [0, 0.1) is 0 Å². The summed E-state index contributed by atoms with van der Waals surface area (Å²) in [6.45, 7) is 10.1. The van der Waals surface area contributed by atoms with E-state index in [-0.39, 0.29) is 11.5 Å². The number of aromatic nitrogens is 2. The lowest BCUT2D eigenvalue weighted by molar-refractivity contribution is -0.00805. The van der Waals surface area contributed by atoms with E-state index in [0.717, 1.165) is 30.4 Å². The third kappa shape index (κ3) is 5.73. The molecular formula is C22H33N5O2. The normalized spacial score (nSPS) is 18.0. The fourth-order valence-electron chi connectivity index (χ4n) is 3.37. The molecule has 1 aliphatic heterocycles. The molecule has 1 aliphatic rings. The molecule has 158 valence electrons. The number of hydrogen-bond donors (Lipinski definition) is 1. The van der Waals surface area contributed by atoms with Gasteiger partial charge >= 0.3 is 0 Å². The minimum Gasteiger partial charge on any atom is -0.492 e. The number of morpholine rings is 1. The molecule has 1 unspecified atom stereocenters. The Balaban J connectivity index is 1.49. The van der Waals surface area contributed by atoms with Crippen LogP contribution in [0.25, 0.3) is 0 Å². The summed E-state index contributed by atoms with van der Waals surface area (Å²) in [6, 6.07) is 8.32. The van der Waals surface area contributed by atoms with Crippen molar-refractivity contribution in [1.82, 2.24) is 20.0 Å². The van der Waals surface area contributed by atoms with Crippen LogP contribution in [0.4, 0.5) is 0 Å². The maximum Gasteiger partial charge on any atom is 0.193 e. The summed E-state index contributed by atoms with van der Waals surface area (Å²) in [5, 5.41) is 7.65. The van der Waals surface area contributed by atoms with E-state index in [0.29, 0.717) is 19.8 Å². The fraction of sp³-hybridized carbons (Fsp3) is 0.545. The lowest BCUT2D eigenvalue weighted by atomic mass is 9.87. The molecule has 1 N–H and O–H groups in total. The van der Waals surface area contributed by atoms with Crippen LogP contribution in [0.5, 0.6) is 5.75 Å². The average Bonchev–Trinajstić information content (AvgIpc) is 3.14. The van der Waals surface area contributed by atoms with Gasteiger partial charge in [0, 0.05) is 32.4 Å². The first kappa shape index (κ1) is 21.2. The Bertz CT molecular complexity index is 825. The monoisotopic (exact) mass is 399 g/mol. The first-order valence-corrected chi connectivity index (χ1v) is 10.2. The van der Waals surface area contributed by atoms with Crippen molar-refractivity contribution in [3.63, 3.8) is 0 Å². The maximum absolute atomic E-state index is 5.95. The molecule has 1 aromatic heterocycles. The van der Waals surface area contributed by atoms with Gasteiger partial charge in [-0.3, -0.25) is 9.67 Å². The Morgan fingerprint density at radius 3 is 2.90 bits per heavy atom. The summed E-state index contributed by atoms with van der Waals surface area (Å²) >= 11 is 0. The molecule has 1 fully saturated rings. The predicted molar refractivity (Wildman–Crippen MR) is 115 cm³/mol. The summed E-state index contributed by atoms with van der Waals surface area (Å²) in [5.74, 6) is 1.77. The molecule has 3 rings (SSSR count). The van der Waals surface area contributed by atoms with E-state index in [4.69, 9.17) is 9.47 Å². The van der Waals surface area contributed by atoms with Crippen molar-refractivity contribution in [1.29, 1.82) is 0 Å². The second-order valence-corrected chi connectivity index (χ2v) is 8.35. The zero-order valence-corrected chi connectivity index (χ0v) is 18.2. The molecule has 1 aromatic carbocycles. The third-order valence-corrected chi connectivity index (χ3v) is 5.03. The van der Waals surface area contributed by atoms with Crippen molar-refractivity contribution in [3.8, 4) is 5.75 Å². The first-order chi connectivity index (χ1) is 13.9.